The Bertz CT molecular complexity index is 1470. The Kier molecular flexibility index (Phi) is 5.36. The molecule has 0 spiro atoms. The van der Waals surface area contributed by atoms with Gasteiger partial charge in [0.1, 0.15) is 5.54 Å². The number of nitrogens with one attached hydrogen (secondary N) is 1. The highest BCUT2D eigenvalue weighted by molar-refractivity contribution is 6.11. The summed E-state index contributed by atoms with van der Waals surface area (Å²) in [5, 5.41) is 2.84. The van der Waals surface area contributed by atoms with Crippen molar-refractivity contribution in [3.63, 3.8) is 0 Å². The summed E-state index contributed by atoms with van der Waals surface area (Å²) in [4.78, 5) is 40.7. The smallest absolute Gasteiger partial charge is 0.325 e. The minimum atomic E-state index is -1.19. The lowest BCUT2D eigenvalue weighted by Crippen LogP contribution is -2.41. The van der Waals surface area contributed by atoms with Crippen LogP contribution in [0.4, 0.5) is 4.79 Å². The predicted molar refractivity (Wildman–Crippen MR) is 136 cm³/mol. The summed E-state index contributed by atoms with van der Waals surface area (Å²) >= 11 is 0. The second-order valence-corrected chi connectivity index (χ2v) is 10.3. The molecule has 3 aliphatic rings. The number of ether oxygens (including phenoxy) is 2. The van der Waals surface area contributed by atoms with Crippen LogP contribution in [-0.4, -0.2) is 40.5 Å². The first kappa shape index (κ1) is 23.3. The molecule has 2 aromatic carbocycles. The average Bonchev–Trinajstić information content (AvgIpc) is 3.64. The molecule has 3 aromatic rings. The van der Waals surface area contributed by atoms with Gasteiger partial charge in [-0.15, -0.1) is 0 Å². The van der Waals surface area contributed by atoms with Gasteiger partial charge < -0.3 is 19.4 Å². The van der Waals surface area contributed by atoms with Crippen LogP contribution in [-0.2, 0) is 29.7 Å². The van der Waals surface area contributed by atoms with Gasteiger partial charge in [-0.1, -0.05) is 24.3 Å². The van der Waals surface area contributed by atoms with E-state index in [0.717, 1.165) is 52.4 Å². The van der Waals surface area contributed by atoms with E-state index < -0.39 is 17.5 Å². The van der Waals surface area contributed by atoms with Gasteiger partial charge in [0, 0.05) is 23.5 Å². The number of nitrogens with zero attached hydrogens (tertiary/aromatic N) is 2. The highest BCUT2D eigenvalue weighted by Gasteiger charge is 2.49. The van der Waals surface area contributed by atoms with E-state index in [2.05, 4.69) is 5.32 Å². The average molecular weight is 500 g/mol. The molecule has 190 valence electrons. The van der Waals surface area contributed by atoms with Gasteiger partial charge in [0.05, 0.1) is 6.54 Å². The lowest BCUT2D eigenvalue weighted by molar-refractivity contribution is -0.130. The standard InChI is InChI=1S/C29H29N3O5/c1-17-11-23(18(2)31(17)14-19-7-10-25-26(12-19)37-16-36-25)24(33)15-32-27(34)29(3,30-28(32)35)22-9-8-20-5-4-6-21(20)13-22/h7-13H,4-6,14-16H2,1-3H3,(H,30,35)/t29-/m1/s1. The summed E-state index contributed by atoms with van der Waals surface area (Å²) in [5.74, 6) is 0.756. The van der Waals surface area contributed by atoms with Crippen molar-refractivity contribution < 1.29 is 23.9 Å². The van der Waals surface area contributed by atoms with Crippen LogP contribution in [0.5, 0.6) is 11.5 Å². The summed E-state index contributed by atoms with van der Waals surface area (Å²) in [6.07, 6.45) is 3.12. The van der Waals surface area contributed by atoms with Crippen molar-refractivity contribution in [1.82, 2.24) is 14.8 Å². The van der Waals surface area contributed by atoms with Crippen LogP contribution in [0, 0.1) is 13.8 Å². The van der Waals surface area contributed by atoms with Crippen LogP contribution in [0.3, 0.4) is 0 Å². The zero-order valence-corrected chi connectivity index (χ0v) is 21.2. The minimum Gasteiger partial charge on any atom is -0.454 e. The fourth-order valence-electron chi connectivity index (χ4n) is 5.70. The number of rotatable bonds is 6. The molecule has 1 aliphatic carbocycles. The third-order valence-corrected chi connectivity index (χ3v) is 7.90. The van der Waals surface area contributed by atoms with E-state index in [-0.39, 0.29) is 19.1 Å². The molecule has 1 saturated heterocycles. The van der Waals surface area contributed by atoms with Crippen molar-refractivity contribution in [2.75, 3.05) is 13.3 Å². The normalized spacial score (nSPS) is 19.9. The van der Waals surface area contributed by atoms with Crippen molar-refractivity contribution in [1.29, 1.82) is 0 Å². The van der Waals surface area contributed by atoms with Crippen LogP contribution in [0.15, 0.2) is 42.5 Å². The molecule has 0 saturated carbocycles. The van der Waals surface area contributed by atoms with Crippen LogP contribution < -0.4 is 14.8 Å². The molecule has 2 aliphatic heterocycles. The molecule has 1 N–H and O–H groups in total. The molecule has 3 amide bonds. The summed E-state index contributed by atoms with van der Waals surface area (Å²) in [5.41, 5.74) is 5.31. The number of Topliss-reactive ketones (excluding diaryl/α,β-unsaturated/α-hetero) is 1. The first-order valence-electron chi connectivity index (χ1n) is 12.6. The summed E-state index contributed by atoms with van der Waals surface area (Å²) in [7, 11) is 0. The highest BCUT2D eigenvalue weighted by atomic mass is 16.7. The van der Waals surface area contributed by atoms with Gasteiger partial charge in [-0.05, 0) is 80.5 Å². The molecule has 37 heavy (non-hydrogen) atoms. The Balaban J connectivity index is 1.21. The summed E-state index contributed by atoms with van der Waals surface area (Å²) in [6, 6.07) is 13.1. The monoisotopic (exact) mass is 499 g/mol. The molecule has 3 heterocycles. The Labute approximate surface area is 215 Å². The maximum absolute atomic E-state index is 13.5. The topological polar surface area (TPSA) is 89.9 Å². The Morgan fingerprint density at radius 3 is 2.62 bits per heavy atom. The van der Waals surface area contributed by atoms with Crippen LogP contribution >= 0.6 is 0 Å². The highest BCUT2D eigenvalue weighted by Crippen LogP contribution is 2.34. The number of amides is 3. The van der Waals surface area contributed by atoms with E-state index in [0.29, 0.717) is 17.9 Å². The molecule has 1 fully saturated rings. The van der Waals surface area contributed by atoms with Gasteiger partial charge in [-0.2, -0.15) is 0 Å². The van der Waals surface area contributed by atoms with Crippen molar-refractivity contribution in [2.45, 2.75) is 52.1 Å². The maximum Gasteiger partial charge on any atom is 0.325 e. The lowest BCUT2D eigenvalue weighted by Gasteiger charge is -2.23. The fourth-order valence-corrected chi connectivity index (χ4v) is 5.70. The van der Waals surface area contributed by atoms with E-state index in [9.17, 15) is 14.4 Å². The molecule has 0 bridgehead atoms. The number of imide groups is 1. The van der Waals surface area contributed by atoms with E-state index in [1.165, 1.54) is 11.1 Å². The number of fused-ring (bicyclic) bond motifs is 2. The molecular weight excluding hydrogens is 470 g/mol. The van der Waals surface area contributed by atoms with E-state index in [4.69, 9.17) is 9.47 Å². The molecule has 1 aromatic heterocycles. The second kappa shape index (κ2) is 8.50. The first-order chi connectivity index (χ1) is 17.7. The molecule has 8 nitrogen and oxygen atoms in total. The number of aromatic nitrogens is 1. The van der Waals surface area contributed by atoms with Gasteiger partial charge in [0.15, 0.2) is 17.3 Å². The predicted octanol–water partition coefficient (Wildman–Crippen LogP) is 4.02. The van der Waals surface area contributed by atoms with E-state index in [1.54, 1.807) is 6.92 Å². The lowest BCUT2D eigenvalue weighted by atomic mass is 9.89. The number of urea groups is 1. The van der Waals surface area contributed by atoms with Crippen molar-refractivity contribution in [2.24, 2.45) is 0 Å². The molecule has 0 radical (unpaired) electrons. The van der Waals surface area contributed by atoms with Crippen LogP contribution in [0.1, 0.15) is 57.3 Å². The molecule has 8 heteroatoms. The Hall–Kier alpha value is -4.07. The van der Waals surface area contributed by atoms with Crippen molar-refractivity contribution >= 4 is 17.7 Å². The second-order valence-electron chi connectivity index (χ2n) is 10.3. The third kappa shape index (κ3) is 3.79. The number of benzene rings is 2. The van der Waals surface area contributed by atoms with Crippen LogP contribution in [0.2, 0.25) is 0 Å². The Morgan fingerprint density at radius 1 is 1.00 bits per heavy atom. The number of hydrogen-bond acceptors (Lipinski definition) is 5. The van der Waals surface area contributed by atoms with Crippen molar-refractivity contribution in [3.05, 3.63) is 81.7 Å². The number of ketones is 1. The maximum atomic E-state index is 13.5. The SMILES string of the molecule is Cc1cc(C(=O)CN2C(=O)N[C@](C)(c3ccc4c(c3)CCC4)C2=O)c(C)n1Cc1ccc2c(c1)OCO2. The van der Waals surface area contributed by atoms with E-state index >= 15 is 0 Å². The van der Waals surface area contributed by atoms with Gasteiger partial charge in [0.2, 0.25) is 6.79 Å². The molecule has 1 atom stereocenters. The van der Waals surface area contributed by atoms with Crippen LogP contribution in [0.25, 0.3) is 0 Å². The quantitative estimate of drug-likeness (QED) is 0.409. The first-order valence-corrected chi connectivity index (χ1v) is 12.6. The zero-order chi connectivity index (χ0) is 25.9. The number of carbonyl (C=O) groups is 3. The number of aryl methyl sites for hydroxylation is 3. The molecule has 6 rings (SSSR count). The fraction of sp³-hybridized carbons (Fsp3) is 0.345. The number of hydrogen-bond donors (Lipinski definition) is 1. The third-order valence-electron chi connectivity index (χ3n) is 7.90. The largest absolute Gasteiger partial charge is 0.454 e. The van der Waals surface area contributed by atoms with Gasteiger partial charge in [0.25, 0.3) is 5.91 Å². The minimum absolute atomic E-state index is 0.216. The summed E-state index contributed by atoms with van der Waals surface area (Å²) < 4.78 is 12.9. The van der Waals surface area contributed by atoms with Gasteiger partial charge in [-0.3, -0.25) is 14.5 Å². The van der Waals surface area contributed by atoms with Gasteiger partial charge in [-0.25, -0.2) is 4.79 Å². The molecule has 0 unspecified atom stereocenters. The van der Waals surface area contributed by atoms with E-state index in [1.807, 2.05) is 60.9 Å². The van der Waals surface area contributed by atoms with Gasteiger partial charge >= 0.3 is 6.03 Å². The number of carbonyl (C=O) groups excluding carboxylic acids is 3. The Morgan fingerprint density at radius 2 is 1.78 bits per heavy atom. The molecular formula is C29H29N3O5. The summed E-state index contributed by atoms with van der Waals surface area (Å²) in [6.45, 7) is 6.00. The van der Waals surface area contributed by atoms with Crippen molar-refractivity contribution in [3.8, 4) is 11.5 Å². The zero-order valence-electron chi connectivity index (χ0n) is 21.2.